The highest BCUT2D eigenvalue weighted by molar-refractivity contribution is 5.54. The molecule has 2 rings (SSSR count). The van der Waals surface area contributed by atoms with Gasteiger partial charge in [0.15, 0.2) is 11.6 Å². The maximum absolute atomic E-state index is 13.5. The average Bonchev–Trinajstić information content (AvgIpc) is 2.75. The summed E-state index contributed by atoms with van der Waals surface area (Å²) in [5, 5.41) is 30.3. The van der Waals surface area contributed by atoms with E-state index in [-0.39, 0.29) is 12.4 Å². The van der Waals surface area contributed by atoms with E-state index in [1.807, 2.05) is 43.3 Å². The number of aliphatic hydroxyl groups excluding tert-OH is 2. The number of aromatic hydroxyl groups is 1. The smallest absolute Gasteiger partial charge is 0.165 e. The highest BCUT2D eigenvalue weighted by Crippen LogP contribution is 2.23. The summed E-state index contributed by atoms with van der Waals surface area (Å²) < 4.78 is 19.1. The average molecular weight is 415 g/mol. The lowest BCUT2D eigenvalue weighted by atomic mass is 9.91. The summed E-state index contributed by atoms with van der Waals surface area (Å²) >= 11 is 0. The van der Waals surface area contributed by atoms with Crippen LogP contribution in [0.5, 0.6) is 5.75 Å². The number of halogens is 1. The Morgan fingerprint density at radius 1 is 1.13 bits per heavy atom. The molecule has 0 spiro atoms. The van der Waals surface area contributed by atoms with Crippen LogP contribution < -0.4 is 0 Å². The molecule has 0 saturated carbocycles. The Balaban J connectivity index is 1.87. The van der Waals surface area contributed by atoms with Gasteiger partial charge in [0.05, 0.1) is 25.4 Å². The second-order valence-corrected chi connectivity index (χ2v) is 7.35. The van der Waals surface area contributed by atoms with Crippen molar-refractivity contribution >= 4 is 6.08 Å². The van der Waals surface area contributed by atoms with Crippen molar-refractivity contribution in [3.8, 4) is 5.75 Å². The molecule has 0 unspecified atom stereocenters. The van der Waals surface area contributed by atoms with Crippen molar-refractivity contribution in [3.63, 3.8) is 0 Å². The topological polar surface area (TPSA) is 69.9 Å². The summed E-state index contributed by atoms with van der Waals surface area (Å²) in [5.74, 6) is -1.55. The van der Waals surface area contributed by atoms with Gasteiger partial charge in [-0.3, -0.25) is 0 Å². The van der Waals surface area contributed by atoms with Crippen molar-refractivity contribution in [2.75, 3.05) is 6.61 Å². The summed E-state index contributed by atoms with van der Waals surface area (Å²) in [6.07, 6.45) is 3.57. The lowest BCUT2D eigenvalue weighted by molar-refractivity contribution is -0.0273. The van der Waals surface area contributed by atoms with Crippen molar-refractivity contribution in [1.82, 2.24) is 0 Å². The number of benzene rings is 2. The zero-order valence-electron chi connectivity index (χ0n) is 17.4. The van der Waals surface area contributed by atoms with Gasteiger partial charge in [-0.1, -0.05) is 61.0 Å². The van der Waals surface area contributed by atoms with Gasteiger partial charge in [-0.25, -0.2) is 4.39 Å². The minimum absolute atomic E-state index is 0.103. The van der Waals surface area contributed by atoms with Crippen LogP contribution >= 0.6 is 0 Å². The molecule has 0 aliphatic rings. The van der Waals surface area contributed by atoms with Crippen LogP contribution in [0, 0.1) is 11.7 Å². The first-order valence-corrected chi connectivity index (χ1v) is 10.2. The van der Waals surface area contributed by atoms with Gasteiger partial charge >= 0.3 is 0 Å². The molecule has 3 N–H and O–H groups in total. The second-order valence-electron chi connectivity index (χ2n) is 7.35. The molecular weight excluding hydrogens is 383 g/mol. The third-order valence-corrected chi connectivity index (χ3v) is 5.12. The number of phenolic OH excluding ortho intramolecular Hbond substituents is 1. The Bertz CT molecular complexity index is 819. The molecule has 0 radical (unpaired) electrons. The van der Waals surface area contributed by atoms with Gasteiger partial charge in [0.25, 0.3) is 0 Å². The van der Waals surface area contributed by atoms with Crippen LogP contribution in [0.3, 0.4) is 0 Å². The predicted molar refractivity (Wildman–Crippen MR) is 117 cm³/mol. The van der Waals surface area contributed by atoms with Crippen molar-refractivity contribution < 1.29 is 24.4 Å². The molecular formula is C25H31FO4. The number of allylic oxidation sites excluding steroid dienone is 1. The third kappa shape index (κ3) is 7.41. The number of ether oxygens (including phenoxy) is 1. The number of aliphatic hydroxyl groups is 2. The Hall–Kier alpha value is -2.47. The summed E-state index contributed by atoms with van der Waals surface area (Å²) in [6.45, 7) is 6.23. The lowest BCUT2D eigenvalue weighted by Gasteiger charge is -2.25. The molecule has 0 aromatic heterocycles. The van der Waals surface area contributed by atoms with E-state index >= 15 is 0 Å². The monoisotopic (exact) mass is 414 g/mol. The van der Waals surface area contributed by atoms with Gasteiger partial charge < -0.3 is 20.1 Å². The Morgan fingerprint density at radius 3 is 2.50 bits per heavy atom. The first-order chi connectivity index (χ1) is 14.4. The van der Waals surface area contributed by atoms with Gasteiger partial charge in [-0.2, -0.15) is 0 Å². The molecule has 0 bridgehead atoms. The van der Waals surface area contributed by atoms with E-state index in [9.17, 15) is 19.7 Å². The summed E-state index contributed by atoms with van der Waals surface area (Å²) in [7, 11) is 0. The summed E-state index contributed by atoms with van der Waals surface area (Å²) in [4.78, 5) is 0. The van der Waals surface area contributed by atoms with Gasteiger partial charge in [-0.15, -0.1) is 6.58 Å². The molecule has 3 atom stereocenters. The van der Waals surface area contributed by atoms with E-state index in [0.717, 1.165) is 17.6 Å². The zero-order chi connectivity index (χ0) is 21.9. The molecule has 2 aromatic carbocycles. The van der Waals surface area contributed by atoms with Crippen molar-refractivity contribution in [2.24, 2.45) is 5.92 Å². The molecule has 4 nitrogen and oxygen atoms in total. The number of hydrogen-bond acceptors (Lipinski definition) is 4. The quantitative estimate of drug-likeness (QED) is 0.435. The molecule has 0 heterocycles. The Morgan fingerprint density at radius 2 is 1.87 bits per heavy atom. The molecule has 0 amide bonds. The SMILES string of the molecule is C=C[C@H]([C@H](O)CC/C(=C/c1ccc(O)c(F)c1)CC)[C@H](O)COCc1ccccc1. The molecule has 0 aliphatic heterocycles. The number of rotatable bonds is 12. The molecule has 5 heteroatoms. The van der Waals surface area contributed by atoms with Crippen molar-refractivity contribution in [3.05, 3.63) is 83.7 Å². The predicted octanol–water partition coefficient (Wildman–Crippen LogP) is 4.85. The second kappa shape index (κ2) is 12.3. The molecule has 30 heavy (non-hydrogen) atoms. The van der Waals surface area contributed by atoms with Gasteiger partial charge in [0.1, 0.15) is 0 Å². The number of phenols is 1. The highest BCUT2D eigenvalue weighted by atomic mass is 19.1. The van der Waals surface area contributed by atoms with Crippen LogP contribution in [0.1, 0.15) is 37.3 Å². The first kappa shape index (κ1) is 23.8. The third-order valence-electron chi connectivity index (χ3n) is 5.12. The normalized spacial score (nSPS) is 14.9. The largest absolute Gasteiger partial charge is 0.505 e. The van der Waals surface area contributed by atoms with E-state index < -0.39 is 23.9 Å². The van der Waals surface area contributed by atoms with Crippen LogP contribution in [-0.4, -0.2) is 34.1 Å². The van der Waals surface area contributed by atoms with Crippen molar-refractivity contribution in [1.29, 1.82) is 0 Å². The van der Waals surface area contributed by atoms with E-state index in [2.05, 4.69) is 6.58 Å². The van der Waals surface area contributed by atoms with E-state index in [1.165, 1.54) is 12.1 Å². The van der Waals surface area contributed by atoms with Crippen LogP contribution in [-0.2, 0) is 11.3 Å². The zero-order valence-corrected chi connectivity index (χ0v) is 17.4. The standard InChI is InChI=1S/C25H31FO4/c1-3-18(14-20-11-13-24(28)22(26)15-20)10-12-23(27)21(4-2)25(29)17-30-16-19-8-6-5-7-9-19/h4-9,11,13-15,21,23,25,27-29H,2-3,10,12,16-17H2,1H3/b18-14+/t21-,23-,25-/m1/s1. The molecule has 0 saturated heterocycles. The Labute approximate surface area is 178 Å². The first-order valence-electron chi connectivity index (χ1n) is 10.2. The molecule has 0 fully saturated rings. The van der Waals surface area contributed by atoms with Crippen LogP contribution in [0.4, 0.5) is 4.39 Å². The van der Waals surface area contributed by atoms with E-state index in [0.29, 0.717) is 25.0 Å². The fourth-order valence-electron chi connectivity index (χ4n) is 3.28. The lowest BCUT2D eigenvalue weighted by Crippen LogP contribution is -2.33. The van der Waals surface area contributed by atoms with E-state index in [4.69, 9.17) is 4.74 Å². The van der Waals surface area contributed by atoms with Crippen molar-refractivity contribution in [2.45, 2.75) is 45.0 Å². The maximum atomic E-state index is 13.5. The van der Waals surface area contributed by atoms with Gasteiger partial charge in [0, 0.05) is 5.92 Å². The minimum Gasteiger partial charge on any atom is -0.505 e. The molecule has 2 aromatic rings. The molecule has 162 valence electrons. The Kier molecular flexibility index (Phi) is 9.74. The summed E-state index contributed by atoms with van der Waals surface area (Å²) in [6, 6.07) is 13.9. The van der Waals surface area contributed by atoms with Gasteiger partial charge in [0.2, 0.25) is 0 Å². The van der Waals surface area contributed by atoms with E-state index in [1.54, 1.807) is 12.1 Å². The number of hydrogen-bond donors (Lipinski definition) is 3. The molecule has 0 aliphatic carbocycles. The highest BCUT2D eigenvalue weighted by Gasteiger charge is 2.24. The fraction of sp³-hybridized carbons (Fsp3) is 0.360. The van der Waals surface area contributed by atoms with Crippen LogP contribution in [0.2, 0.25) is 0 Å². The fourth-order valence-corrected chi connectivity index (χ4v) is 3.28. The van der Waals surface area contributed by atoms with Gasteiger partial charge in [-0.05, 0) is 42.5 Å². The summed E-state index contributed by atoms with van der Waals surface area (Å²) in [5.41, 5.74) is 2.71. The van der Waals surface area contributed by atoms with Crippen LogP contribution in [0.25, 0.3) is 6.08 Å². The maximum Gasteiger partial charge on any atom is 0.165 e. The van der Waals surface area contributed by atoms with Crippen LogP contribution in [0.15, 0.2) is 66.8 Å². The minimum atomic E-state index is -0.860.